The fraction of sp³-hybridized carbons (Fsp3) is 0.400. The lowest BCUT2D eigenvalue weighted by Crippen LogP contribution is -2.41. The van der Waals surface area contributed by atoms with Gasteiger partial charge in [-0.05, 0) is 32.9 Å². The molecule has 1 aliphatic heterocycles. The van der Waals surface area contributed by atoms with Gasteiger partial charge in [0.25, 0.3) is 0 Å². The van der Waals surface area contributed by atoms with Crippen LogP contribution >= 0.6 is 0 Å². The van der Waals surface area contributed by atoms with Crippen LogP contribution in [-0.4, -0.2) is 24.8 Å². The van der Waals surface area contributed by atoms with Gasteiger partial charge < -0.3 is 9.47 Å². The zero-order valence-electron chi connectivity index (χ0n) is 11.4. The van der Waals surface area contributed by atoms with Crippen molar-refractivity contribution in [3.05, 3.63) is 23.8 Å². The van der Waals surface area contributed by atoms with Crippen LogP contribution in [-0.2, 0) is 4.74 Å². The van der Waals surface area contributed by atoms with E-state index in [0.29, 0.717) is 30.2 Å². The molecular weight excluding hydrogens is 242 g/mol. The number of ether oxygens (including phenoxy) is 2. The van der Waals surface area contributed by atoms with Crippen molar-refractivity contribution in [3.63, 3.8) is 0 Å². The van der Waals surface area contributed by atoms with Gasteiger partial charge in [0.1, 0.15) is 12.2 Å². The van der Waals surface area contributed by atoms with E-state index in [2.05, 4.69) is 5.92 Å². The molecule has 19 heavy (non-hydrogen) atoms. The van der Waals surface area contributed by atoms with Gasteiger partial charge in [-0.3, -0.25) is 4.90 Å². The summed E-state index contributed by atoms with van der Waals surface area (Å²) in [5.41, 5.74) is 0.779. The minimum absolute atomic E-state index is 0.383. The molecule has 1 amide bonds. The summed E-state index contributed by atoms with van der Waals surface area (Å²) in [6.45, 7) is 6.37. The molecule has 0 atom stereocenters. The summed E-state index contributed by atoms with van der Waals surface area (Å²) in [5, 5.41) is 0. The van der Waals surface area contributed by atoms with Gasteiger partial charge in [0, 0.05) is 0 Å². The van der Waals surface area contributed by atoms with E-state index in [1.165, 1.54) is 0 Å². The number of terminal acetylenes is 1. The molecule has 2 rings (SSSR count). The van der Waals surface area contributed by atoms with Gasteiger partial charge in [0.15, 0.2) is 5.75 Å². The molecule has 1 aromatic rings. The largest absolute Gasteiger partial charge is 0.488 e. The van der Waals surface area contributed by atoms with Gasteiger partial charge in [0.2, 0.25) is 0 Å². The summed E-state index contributed by atoms with van der Waals surface area (Å²) < 4.78 is 11.0. The van der Waals surface area contributed by atoms with Crippen molar-refractivity contribution in [1.29, 1.82) is 0 Å². The number of fused-ring (bicyclic) bond motifs is 1. The molecule has 4 heteroatoms. The first-order valence-corrected chi connectivity index (χ1v) is 6.15. The number of para-hydroxylation sites is 1. The van der Waals surface area contributed by atoms with E-state index < -0.39 is 5.60 Å². The van der Waals surface area contributed by atoms with Crippen LogP contribution in [0.5, 0.6) is 5.75 Å². The van der Waals surface area contributed by atoms with E-state index in [1.807, 2.05) is 20.8 Å². The first-order chi connectivity index (χ1) is 8.92. The fourth-order valence-corrected chi connectivity index (χ4v) is 1.87. The molecule has 1 aromatic carbocycles. The van der Waals surface area contributed by atoms with Crippen molar-refractivity contribution in [2.24, 2.45) is 0 Å². The van der Waals surface area contributed by atoms with Crippen molar-refractivity contribution >= 4 is 11.8 Å². The Kier molecular flexibility index (Phi) is 3.39. The third-order valence-corrected chi connectivity index (χ3v) is 2.62. The van der Waals surface area contributed by atoms with E-state index >= 15 is 0 Å². The number of amides is 1. The summed E-state index contributed by atoms with van der Waals surface area (Å²) in [4.78, 5) is 13.7. The average Bonchev–Trinajstić information content (AvgIpc) is 2.35. The van der Waals surface area contributed by atoms with Gasteiger partial charge in [-0.2, -0.15) is 0 Å². The van der Waals surface area contributed by atoms with Crippen molar-refractivity contribution in [3.8, 4) is 18.1 Å². The van der Waals surface area contributed by atoms with E-state index in [-0.39, 0.29) is 6.09 Å². The van der Waals surface area contributed by atoms with E-state index in [9.17, 15) is 4.79 Å². The van der Waals surface area contributed by atoms with Crippen LogP contribution in [0.25, 0.3) is 0 Å². The highest BCUT2D eigenvalue weighted by Gasteiger charge is 2.29. The van der Waals surface area contributed by atoms with Gasteiger partial charge in [0.05, 0.1) is 17.8 Å². The number of carbonyl (C=O) groups is 1. The molecule has 0 fully saturated rings. The first-order valence-electron chi connectivity index (χ1n) is 6.15. The number of nitrogens with zero attached hydrogens (tertiary/aromatic N) is 1. The molecule has 1 heterocycles. The van der Waals surface area contributed by atoms with Gasteiger partial charge >= 0.3 is 6.09 Å². The highest BCUT2D eigenvalue weighted by Crippen LogP contribution is 2.35. The van der Waals surface area contributed by atoms with Crippen molar-refractivity contribution in [2.75, 3.05) is 18.1 Å². The maximum atomic E-state index is 12.2. The fourth-order valence-electron chi connectivity index (χ4n) is 1.87. The molecule has 1 aliphatic rings. The molecule has 0 saturated carbocycles. The van der Waals surface area contributed by atoms with Crippen LogP contribution in [0.2, 0.25) is 0 Å². The second kappa shape index (κ2) is 4.85. The second-order valence-electron chi connectivity index (χ2n) is 5.28. The van der Waals surface area contributed by atoms with Gasteiger partial charge in [-0.25, -0.2) is 4.79 Å². The maximum absolute atomic E-state index is 12.2. The minimum Gasteiger partial charge on any atom is -0.488 e. The number of rotatable bonds is 0. The number of carbonyl (C=O) groups excluding carboxylic acids is 1. The van der Waals surface area contributed by atoms with E-state index in [0.717, 1.165) is 0 Å². The number of benzene rings is 1. The third kappa shape index (κ3) is 2.82. The average molecular weight is 259 g/mol. The molecule has 100 valence electrons. The summed E-state index contributed by atoms with van der Waals surface area (Å²) >= 11 is 0. The molecule has 0 bridgehead atoms. The molecular formula is C15H17NO3. The number of hydrogen-bond acceptors (Lipinski definition) is 3. The van der Waals surface area contributed by atoms with Gasteiger partial charge in [-0.15, -0.1) is 6.42 Å². The van der Waals surface area contributed by atoms with E-state index in [1.54, 1.807) is 23.1 Å². The Labute approximate surface area is 113 Å². The van der Waals surface area contributed by atoms with Crippen LogP contribution in [0.4, 0.5) is 10.5 Å². The zero-order valence-corrected chi connectivity index (χ0v) is 11.4. The van der Waals surface area contributed by atoms with Crippen LogP contribution in [0.1, 0.15) is 26.3 Å². The van der Waals surface area contributed by atoms with Crippen molar-refractivity contribution in [2.45, 2.75) is 26.4 Å². The molecule has 0 N–H and O–H groups in total. The third-order valence-electron chi connectivity index (χ3n) is 2.62. The quantitative estimate of drug-likeness (QED) is 0.672. The first kappa shape index (κ1) is 13.3. The molecule has 0 aromatic heterocycles. The standard InChI is InChI=1S/C15H17NO3/c1-5-11-7-6-8-12-13(11)18-10-9-16(12)14(17)19-15(2,3)4/h1,6-8H,9-10H2,2-4H3. The van der Waals surface area contributed by atoms with Gasteiger partial charge in [-0.1, -0.05) is 12.0 Å². The summed E-state index contributed by atoms with van der Waals surface area (Å²) in [6.07, 6.45) is 5.05. The van der Waals surface area contributed by atoms with Crippen molar-refractivity contribution < 1.29 is 14.3 Å². The lowest BCUT2D eigenvalue weighted by molar-refractivity contribution is 0.0568. The van der Waals surface area contributed by atoms with Crippen molar-refractivity contribution in [1.82, 2.24) is 0 Å². The Morgan fingerprint density at radius 1 is 1.47 bits per heavy atom. The van der Waals surface area contributed by atoms with Crippen LogP contribution in [0, 0.1) is 12.3 Å². The lowest BCUT2D eigenvalue weighted by atomic mass is 10.1. The Morgan fingerprint density at radius 2 is 2.21 bits per heavy atom. The number of hydrogen-bond donors (Lipinski definition) is 0. The van der Waals surface area contributed by atoms with Crippen LogP contribution in [0.15, 0.2) is 18.2 Å². The van der Waals surface area contributed by atoms with E-state index in [4.69, 9.17) is 15.9 Å². The number of anilines is 1. The Bertz CT molecular complexity index is 537. The molecule has 0 saturated heterocycles. The predicted octanol–water partition coefficient (Wildman–Crippen LogP) is 2.80. The van der Waals surface area contributed by atoms with Crippen LogP contribution in [0.3, 0.4) is 0 Å². The molecule has 0 spiro atoms. The van der Waals surface area contributed by atoms with Crippen LogP contribution < -0.4 is 9.64 Å². The minimum atomic E-state index is -0.528. The Balaban J connectivity index is 2.33. The SMILES string of the molecule is C#Cc1cccc2c1OCCN2C(=O)OC(C)(C)C. The predicted molar refractivity (Wildman–Crippen MR) is 73.5 cm³/mol. The zero-order chi connectivity index (χ0) is 14.0. The Morgan fingerprint density at radius 3 is 2.84 bits per heavy atom. The summed E-state index contributed by atoms with van der Waals surface area (Å²) in [7, 11) is 0. The lowest BCUT2D eigenvalue weighted by Gasteiger charge is -2.32. The Hall–Kier alpha value is -2.15. The molecule has 0 radical (unpaired) electrons. The normalized spacial score (nSPS) is 14.1. The highest BCUT2D eigenvalue weighted by atomic mass is 16.6. The maximum Gasteiger partial charge on any atom is 0.415 e. The smallest absolute Gasteiger partial charge is 0.415 e. The summed E-state index contributed by atoms with van der Waals surface area (Å²) in [5.74, 6) is 3.13. The topological polar surface area (TPSA) is 38.8 Å². The second-order valence-corrected chi connectivity index (χ2v) is 5.28. The molecule has 0 unspecified atom stereocenters. The highest BCUT2D eigenvalue weighted by molar-refractivity contribution is 5.91. The molecule has 0 aliphatic carbocycles. The molecule has 4 nitrogen and oxygen atoms in total. The summed E-state index contributed by atoms with van der Waals surface area (Å²) in [6, 6.07) is 5.40. The monoisotopic (exact) mass is 259 g/mol.